The lowest BCUT2D eigenvalue weighted by atomic mass is 9.85. The van der Waals surface area contributed by atoms with Crippen LogP contribution in [0.15, 0.2) is 24.3 Å². The standard InChI is InChI=1S/C23H25NO4/c1-26-19-7-6-14-15-9-13-5-4-8-24(13)12-18(15)16-10-20(27-2)21(28-3)11-17(16)22(14)23(19)25/h6-7,10-11,13,25H,4-5,8-9,12H2,1-3H3. The van der Waals surface area contributed by atoms with Crippen LogP contribution in [-0.4, -0.2) is 43.9 Å². The lowest BCUT2D eigenvalue weighted by Gasteiger charge is -2.33. The van der Waals surface area contributed by atoms with Crippen LogP contribution in [0.2, 0.25) is 0 Å². The van der Waals surface area contributed by atoms with Crippen molar-refractivity contribution in [1.82, 2.24) is 4.90 Å². The maximum absolute atomic E-state index is 11.0. The summed E-state index contributed by atoms with van der Waals surface area (Å²) in [6.45, 7) is 2.10. The third kappa shape index (κ3) is 2.35. The summed E-state index contributed by atoms with van der Waals surface area (Å²) in [4.78, 5) is 2.59. The lowest BCUT2D eigenvalue weighted by molar-refractivity contribution is 0.229. The number of aromatic hydroxyl groups is 1. The minimum atomic E-state index is 0.189. The SMILES string of the molecule is COc1cc2c3c(c4ccc(OC)c(O)c4c2cc1OC)CC1CCCN1C3. The summed E-state index contributed by atoms with van der Waals surface area (Å²) in [6, 6.07) is 8.59. The molecule has 3 aromatic rings. The van der Waals surface area contributed by atoms with E-state index in [9.17, 15) is 5.11 Å². The average Bonchev–Trinajstić information content (AvgIpc) is 3.19. The Balaban J connectivity index is 1.92. The second kappa shape index (κ2) is 6.45. The van der Waals surface area contributed by atoms with E-state index >= 15 is 0 Å². The predicted octanol–water partition coefficient (Wildman–Crippen LogP) is 4.24. The first-order valence-electron chi connectivity index (χ1n) is 9.79. The van der Waals surface area contributed by atoms with Crippen molar-refractivity contribution in [2.24, 2.45) is 0 Å². The molecule has 0 spiro atoms. The van der Waals surface area contributed by atoms with Crippen LogP contribution in [0.4, 0.5) is 0 Å². The second-order valence-electron chi connectivity index (χ2n) is 7.72. The number of nitrogens with zero attached hydrogens (tertiary/aromatic N) is 1. The van der Waals surface area contributed by atoms with Gasteiger partial charge in [-0.15, -0.1) is 0 Å². The molecule has 0 aromatic heterocycles. The molecule has 146 valence electrons. The van der Waals surface area contributed by atoms with Gasteiger partial charge in [0, 0.05) is 18.0 Å². The van der Waals surface area contributed by atoms with Gasteiger partial charge in [-0.3, -0.25) is 4.90 Å². The van der Waals surface area contributed by atoms with Crippen LogP contribution in [0.3, 0.4) is 0 Å². The van der Waals surface area contributed by atoms with Crippen LogP contribution < -0.4 is 14.2 Å². The third-order valence-corrected chi connectivity index (χ3v) is 6.47. The molecule has 0 amide bonds. The van der Waals surface area contributed by atoms with E-state index in [0.29, 0.717) is 23.3 Å². The highest BCUT2D eigenvalue weighted by Crippen LogP contribution is 2.47. The maximum Gasteiger partial charge on any atom is 0.166 e. The van der Waals surface area contributed by atoms with E-state index in [1.54, 1.807) is 21.3 Å². The highest BCUT2D eigenvalue weighted by molar-refractivity contribution is 6.15. The molecule has 28 heavy (non-hydrogen) atoms. The second-order valence-corrected chi connectivity index (χ2v) is 7.72. The van der Waals surface area contributed by atoms with Crippen molar-refractivity contribution in [3.63, 3.8) is 0 Å². The van der Waals surface area contributed by atoms with Gasteiger partial charge in [0.2, 0.25) is 0 Å². The van der Waals surface area contributed by atoms with Crippen molar-refractivity contribution < 1.29 is 19.3 Å². The summed E-state index contributed by atoms with van der Waals surface area (Å²) < 4.78 is 16.5. The van der Waals surface area contributed by atoms with E-state index in [1.165, 1.54) is 24.0 Å². The van der Waals surface area contributed by atoms with E-state index in [2.05, 4.69) is 17.0 Å². The van der Waals surface area contributed by atoms with E-state index in [-0.39, 0.29) is 5.75 Å². The Labute approximate surface area is 164 Å². The molecule has 5 nitrogen and oxygen atoms in total. The van der Waals surface area contributed by atoms with Crippen molar-refractivity contribution in [2.45, 2.75) is 31.8 Å². The number of benzene rings is 3. The van der Waals surface area contributed by atoms with Gasteiger partial charge in [-0.2, -0.15) is 0 Å². The van der Waals surface area contributed by atoms with Crippen LogP contribution in [0.5, 0.6) is 23.0 Å². The number of methoxy groups -OCH3 is 3. The van der Waals surface area contributed by atoms with E-state index in [0.717, 1.165) is 41.1 Å². The van der Waals surface area contributed by atoms with Gasteiger partial charge in [0.15, 0.2) is 23.0 Å². The summed E-state index contributed by atoms with van der Waals surface area (Å²) in [5, 5.41) is 15.1. The highest BCUT2D eigenvalue weighted by atomic mass is 16.5. The van der Waals surface area contributed by atoms with Gasteiger partial charge < -0.3 is 19.3 Å². The molecule has 0 radical (unpaired) electrons. The van der Waals surface area contributed by atoms with Crippen LogP contribution in [0.25, 0.3) is 21.5 Å². The fraction of sp³-hybridized carbons (Fsp3) is 0.391. The first kappa shape index (κ1) is 17.4. The Morgan fingerprint density at radius 2 is 1.61 bits per heavy atom. The topological polar surface area (TPSA) is 51.2 Å². The summed E-state index contributed by atoms with van der Waals surface area (Å²) in [5.74, 6) is 2.05. The maximum atomic E-state index is 11.0. The zero-order chi connectivity index (χ0) is 19.4. The van der Waals surface area contributed by atoms with Crippen LogP contribution >= 0.6 is 0 Å². The Kier molecular flexibility index (Phi) is 4.02. The Hall–Kier alpha value is -2.66. The smallest absolute Gasteiger partial charge is 0.166 e. The Morgan fingerprint density at radius 1 is 0.893 bits per heavy atom. The first-order valence-corrected chi connectivity index (χ1v) is 9.79. The molecule has 0 saturated carbocycles. The number of phenolic OH excluding ortho intramolecular Hbond substituents is 1. The van der Waals surface area contributed by atoms with Gasteiger partial charge >= 0.3 is 0 Å². The number of hydrogen-bond donors (Lipinski definition) is 1. The molecular weight excluding hydrogens is 354 g/mol. The summed E-state index contributed by atoms with van der Waals surface area (Å²) in [5.41, 5.74) is 2.68. The molecule has 1 unspecified atom stereocenters. The van der Waals surface area contributed by atoms with Crippen LogP contribution in [0, 0.1) is 0 Å². The van der Waals surface area contributed by atoms with Gasteiger partial charge in [0.05, 0.1) is 21.3 Å². The number of phenols is 1. The van der Waals surface area contributed by atoms with Gasteiger partial charge in [-0.05, 0) is 71.3 Å². The summed E-state index contributed by atoms with van der Waals surface area (Å²) in [7, 11) is 4.88. The Bertz CT molecular complexity index is 1090. The number of rotatable bonds is 3. The van der Waals surface area contributed by atoms with Crippen molar-refractivity contribution >= 4 is 21.5 Å². The molecular formula is C23H25NO4. The lowest BCUT2D eigenvalue weighted by Crippen LogP contribution is -2.35. The molecule has 0 bridgehead atoms. The van der Waals surface area contributed by atoms with E-state index in [4.69, 9.17) is 14.2 Å². The molecule has 3 aromatic carbocycles. The number of ether oxygens (including phenoxy) is 3. The average molecular weight is 379 g/mol. The monoisotopic (exact) mass is 379 g/mol. The minimum Gasteiger partial charge on any atom is -0.504 e. The van der Waals surface area contributed by atoms with Crippen molar-refractivity contribution in [3.05, 3.63) is 35.4 Å². The molecule has 2 heterocycles. The largest absolute Gasteiger partial charge is 0.504 e. The van der Waals surface area contributed by atoms with Crippen molar-refractivity contribution in [2.75, 3.05) is 27.9 Å². The van der Waals surface area contributed by atoms with Gasteiger partial charge in [0.25, 0.3) is 0 Å². The minimum absolute atomic E-state index is 0.189. The molecule has 1 fully saturated rings. The highest BCUT2D eigenvalue weighted by Gasteiger charge is 2.33. The zero-order valence-electron chi connectivity index (χ0n) is 16.5. The molecule has 5 heteroatoms. The molecule has 2 aliphatic heterocycles. The molecule has 1 saturated heterocycles. The summed E-state index contributed by atoms with van der Waals surface area (Å²) >= 11 is 0. The van der Waals surface area contributed by atoms with E-state index < -0.39 is 0 Å². The van der Waals surface area contributed by atoms with Gasteiger partial charge in [-0.25, -0.2) is 0 Å². The fourth-order valence-electron chi connectivity index (χ4n) is 5.11. The number of hydrogen-bond acceptors (Lipinski definition) is 5. The zero-order valence-corrected chi connectivity index (χ0v) is 16.5. The molecule has 1 N–H and O–H groups in total. The quantitative estimate of drug-likeness (QED) is 0.690. The first-order chi connectivity index (χ1) is 13.7. The molecule has 1 atom stereocenters. The van der Waals surface area contributed by atoms with Crippen LogP contribution in [-0.2, 0) is 13.0 Å². The van der Waals surface area contributed by atoms with Crippen molar-refractivity contribution in [3.8, 4) is 23.0 Å². The Morgan fingerprint density at radius 3 is 2.32 bits per heavy atom. The molecule has 5 rings (SSSR count). The van der Waals surface area contributed by atoms with E-state index in [1.807, 2.05) is 12.1 Å². The van der Waals surface area contributed by atoms with Crippen molar-refractivity contribution in [1.29, 1.82) is 0 Å². The molecule has 2 aliphatic rings. The fourth-order valence-corrected chi connectivity index (χ4v) is 5.11. The van der Waals surface area contributed by atoms with Gasteiger partial charge in [0.1, 0.15) is 0 Å². The van der Waals surface area contributed by atoms with Crippen LogP contribution in [0.1, 0.15) is 24.0 Å². The predicted molar refractivity (Wildman–Crippen MR) is 110 cm³/mol. The normalized spacial score (nSPS) is 18.9. The summed E-state index contributed by atoms with van der Waals surface area (Å²) in [6.07, 6.45) is 3.51. The molecule has 0 aliphatic carbocycles. The number of fused-ring (bicyclic) bond motifs is 7. The van der Waals surface area contributed by atoms with Gasteiger partial charge in [-0.1, -0.05) is 6.07 Å². The third-order valence-electron chi connectivity index (χ3n) is 6.47.